The molecule has 38 heavy (non-hydrogen) atoms. The van der Waals surface area contributed by atoms with Crippen molar-refractivity contribution in [1.82, 2.24) is 0 Å². The molecule has 6 aliphatic carbocycles. The molecule has 2 aromatic carbocycles. The van der Waals surface area contributed by atoms with E-state index in [4.69, 9.17) is 9.47 Å². The van der Waals surface area contributed by atoms with E-state index in [1.165, 1.54) is 50.7 Å². The van der Waals surface area contributed by atoms with Crippen LogP contribution in [0.15, 0.2) is 44.4 Å². The lowest BCUT2D eigenvalue weighted by Gasteiger charge is -2.69. The third-order valence-corrected chi connectivity index (χ3v) is 13.8. The van der Waals surface area contributed by atoms with Gasteiger partial charge in [-0.15, -0.1) is 0 Å². The molecule has 4 fully saturated rings. The van der Waals surface area contributed by atoms with Gasteiger partial charge in [0.1, 0.15) is 0 Å². The van der Waals surface area contributed by atoms with Gasteiger partial charge in [0.05, 0.1) is 25.4 Å². The highest BCUT2D eigenvalue weighted by atomic mass is 79.9. The molecule has 6 heteroatoms. The standard InChI is InChI=1S/C32H32Br2O4/c1-37-31(35)29-25-11-23-21-9-19-17-5-13-3-15-7-27(33)28(34)8-16(15)4-14(13)6-18(17)20(19)10-22(21)24(23)12-26(25)30(29)32(36)38-2/h3-4,7-8,17-26H,5-6,9-12H2,1-2H3. The van der Waals surface area contributed by atoms with Gasteiger partial charge in [-0.1, -0.05) is 12.1 Å². The van der Waals surface area contributed by atoms with Gasteiger partial charge in [0, 0.05) is 8.95 Å². The van der Waals surface area contributed by atoms with E-state index in [1.54, 1.807) is 11.1 Å². The second-order valence-electron chi connectivity index (χ2n) is 12.9. The quantitative estimate of drug-likeness (QED) is 0.336. The first-order valence-corrected chi connectivity index (χ1v) is 15.8. The number of halogens is 2. The zero-order valence-electron chi connectivity index (χ0n) is 21.7. The van der Waals surface area contributed by atoms with E-state index in [0.29, 0.717) is 23.0 Å². The molecule has 10 unspecified atom stereocenters. The first-order valence-electron chi connectivity index (χ1n) is 14.2. The highest BCUT2D eigenvalue weighted by molar-refractivity contribution is 9.13. The zero-order chi connectivity index (χ0) is 26.0. The lowest BCUT2D eigenvalue weighted by Crippen LogP contribution is -2.63. The lowest BCUT2D eigenvalue weighted by molar-refractivity contribution is -0.190. The number of ether oxygens (including phenoxy) is 2. The largest absolute Gasteiger partial charge is 0.466 e. The molecule has 2 aromatic rings. The van der Waals surface area contributed by atoms with Crippen LogP contribution in [0.25, 0.3) is 10.8 Å². The maximum absolute atomic E-state index is 12.6. The van der Waals surface area contributed by atoms with Crippen LogP contribution in [0.2, 0.25) is 0 Å². The molecule has 6 aliphatic rings. The van der Waals surface area contributed by atoms with Crippen molar-refractivity contribution in [3.8, 4) is 0 Å². The molecule has 0 radical (unpaired) electrons. The number of hydrogen-bond acceptors (Lipinski definition) is 4. The summed E-state index contributed by atoms with van der Waals surface area (Å²) in [6, 6.07) is 9.39. The predicted molar refractivity (Wildman–Crippen MR) is 151 cm³/mol. The molecule has 0 bridgehead atoms. The zero-order valence-corrected chi connectivity index (χ0v) is 24.9. The minimum Gasteiger partial charge on any atom is -0.466 e. The van der Waals surface area contributed by atoms with Crippen molar-refractivity contribution in [2.75, 3.05) is 14.2 Å². The summed E-state index contributed by atoms with van der Waals surface area (Å²) < 4.78 is 12.4. The summed E-state index contributed by atoms with van der Waals surface area (Å²) in [7, 11) is 2.83. The van der Waals surface area contributed by atoms with Crippen LogP contribution in [0.5, 0.6) is 0 Å². The Morgan fingerprint density at radius 2 is 0.974 bits per heavy atom. The van der Waals surface area contributed by atoms with Crippen LogP contribution in [-0.2, 0) is 31.9 Å². The Hall–Kier alpha value is -1.66. The maximum atomic E-state index is 12.6. The van der Waals surface area contributed by atoms with Gasteiger partial charge in [0.15, 0.2) is 0 Å². The number of methoxy groups -OCH3 is 2. The lowest BCUT2D eigenvalue weighted by atomic mass is 9.35. The van der Waals surface area contributed by atoms with Crippen LogP contribution in [-0.4, -0.2) is 26.2 Å². The SMILES string of the molecule is COC(=O)C1=C(C(=O)OC)C2CC3C(CC12)C1CC2C4Cc5cc6cc(Br)c(Br)cc6cc5CC4C2CC31. The highest BCUT2D eigenvalue weighted by Gasteiger charge is 2.65. The molecule has 4 saturated carbocycles. The van der Waals surface area contributed by atoms with Crippen LogP contribution in [0.4, 0.5) is 0 Å². The molecule has 4 nitrogen and oxygen atoms in total. The fraction of sp³-hybridized carbons (Fsp3) is 0.562. The average molecular weight is 640 g/mol. The molecule has 198 valence electrons. The third-order valence-electron chi connectivity index (χ3n) is 12.0. The van der Waals surface area contributed by atoms with Crippen molar-refractivity contribution in [3.05, 3.63) is 55.5 Å². The molecule has 0 amide bonds. The van der Waals surface area contributed by atoms with E-state index in [0.717, 1.165) is 57.3 Å². The van der Waals surface area contributed by atoms with Gasteiger partial charge in [-0.25, -0.2) is 9.59 Å². The van der Waals surface area contributed by atoms with Crippen molar-refractivity contribution in [3.63, 3.8) is 0 Å². The number of carbonyl (C=O) groups is 2. The van der Waals surface area contributed by atoms with E-state index < -0.39 is 0 Å². The Balaban J connectivity index is 1.03. The normalized spacial score (nSPS) is 39.6. The Morgan fingerprint density at radius 1 is 0.605 bits per heavy atom. The van der Waals surface area contributed by atoms with Gasteiger partial charge in [-0.05, 0) is 164 Å². The molecule has 0 aliphatic heterocycles. The van der Waals surface area contributed by atoms with Crippen LogP contribution in [0.1, 0.15) is 36.8 Å². The average Bonchev–Trinajstić information content (AvgIpc) is 2.90. The van der Waals surface area contributed by atoms with Crippen molar-refractivity contribution < 1.29 is 19.1 Å². The number of rotatable bonds is 2. The summed E-state index contributed by atoms with van der Waals surface area (Å²) in [4.78, 5) is 25.1. The number of esters is 2. The van der Waals surface area contributed by atoms with Gasteiger partial charge >= 0.3 is 11.9 Å². The van der Waals surface area contributed by atoms with Crippen LogP contribution in [0, 0.1) is 59.2 Å². The van der Waals surface area contributed by atoms with Gasteiger partial charge in [0.2, 0.25) is 0 Å². The molecule has 0 aromatic heterocycles. The predicted octanol–water partition coefficient (Wildman–Crippen LogP) is 6.90. The highest BCUT2D eigenvalue weighted by Crippen LogP contribution is 2.71. The smallest absolute Gasteiger partial charge is 0.334 e. The Bertz CT molecular complexity index is 1340. The molecule has 10 atom stereocenters. The van der Waals surface area contributed by atoms with E-state index in [2.05, 4.69) is 56.1 Å². The van der Waals surface area contributed by atoms with Gasteiger partial charge in [-0.3, -0.25) is 0 Å². The van der Waals surface area contributed by atoms with Crippen molar-refractivity contribution in [2.45, 2.75) is 38.5 Å². The second kappa shape index (κ2) is 8.42. The maximum Gasteiger partial charge on any atom is 0.334 e. The molecule has 8 rings (SSSR count). The van der Waals surface area contributed by atoms with Gasteiger partial charge < -0.3 is 9.47 Å². The molecule has 0 spiro atoms. The molecule has 0 N–H and O–H groups in total. The molecule has 0 saturated heterocycles. The van der Waals surface area contributed by atoms with Crippen molar-refractivity contribution >= 4 is 54.6 Å². The molecular weight excluding hydrogens is 608 g/mol. The van der Waals surface area contributed by atoms with E-state index in [-0.39, 0.29) is 23.8 Å². The minimum atomic E-state index is -0.334. The summed E-state index contributed by atoms with van der Waals surface area (Å²) in [6.07, 6.45) is 7.31. The minimum absolute atomic E-state index is 0.180. The topological polar surface area (TPSA) is 52.6 Å². The summed E-state index contributed by atoms with van der Waals surface area (Å²) in [5, 5.41) is 2.66. The Labute approximate surface area is 240 Å². The van der Waals surface area contributed by atoms with Crippen molar-refractivity contribution in [2.24, 2.45) is 59.2 Å². The van der Waals surface area contributed by atoms with Crippen LogP contribution in [0.3, 0.4) is 0 Å². The van der Waals surface area contributed by atoms with Crippen LogP contribution < -0.4 is 0 Å². The fourth-order valence-corrected chi connectivity index (χ4v) is 11.2. The number of benzene rings is 2. The van der Waals surface area contributed by atoms with Gasteiger partial charge in [0.25, 0.3) is 0 Å². The number of carbonyl (C=O) groups excluding carboxylic acids is 2. The Morgan fingerprint density at radius 3 is 1.37 bits per heavy atom. The van der Waals surface area contributed by atoms with Crippen LogP contribution >= 0.6 is 31.9 Å². The Kier molecular flexibility index (Phi) is 5.36. The van der Waals surface area contributed by atoms with E-state index in [9.17, 15) is 9.59 Å². The summed E-state index contributed by atoms with van der Waals surface area (Å²) in [5.41, 5.74) is 4.35. The summed E-state index contributed by atoms with van der Waals surface area (Å²) in [5.74, 6) is 6.10. The molecule has 0 heterocycles. The fourth-order valence-electron chi connectivity index (χ4n) is 10.5. The first-order chi connectivity index (χ1) is 18.4. The van der Waals surface area contributed by atoms with Gasteiger partial charge in [-0.2, -0.15) is 0 Å². The number of fused-ring (bicyclic) bond motifs is 11. The monoisotopic (exact) mass is 638 g/mol. The summed E-state index contributed by atoms with van der Waals surface area (Å²) >= 11 is 7.36. The molecular formula is C32H32Br2O4. The second-order valence-corrected chi connectivity index (χ2v) is 14.6. The number of hydrogen-bond donors (Lipinski definition) is 0. The third kappa shape index (κ3) is 3.14. The van der Waals surface area contributed by atoms with E-state index in [1.807, 2.05) is 0 Å². The summed E-state index contributed by atoms with van der Waals surface area (Å²) in [6.45, 7) is 0. The van der Waals surface area contributed by atoms with Crippen molar-refractivity contribution in [1.29, 1.82) is 0 Å². The van der Waals surface area contributed by atoms with E-state index >= 15 is 0 Å². The first kappa shape index (κ1) is 24.2.